The quantitative estimate of drug-likeness (QED) is 0.570. The van der Waals surface area contributed by atoms with Crippen molar-refractivity contribution >= 4 is 17.5 Å². The van der Waals surface area contributed by atoms with Gasteiger partial charge in [0.15, 0.2) is 23.6 Å². The first-order valence-corrected chi connectivity index (χ1v) is 9.62. The fourth-order valence-corrected chi connectivity index (χ4v) is 3.83. The maximum atomic E-state index is 13.6. The largest absolute Gasteiger partial charge is 0.454 e. The Morgan fingerprint density at radius 3 is 2.81 bits per heavy atom. The van der Waals surface area contributed by atoms with Gasteiger partial charge >= 0.3 is 0 Å². The molecule has 0 radical (unpaired) electrons. The van der Waals surface area contributed by atoms with Crippen LogP contribution in [0.2, 0.25) is 0 Å². The molecule has 32 heavy (non-hydrogen) atoms. The number of rotatable bonds is 4. The van der Waals surface area contributed by atoms with Crippen LogP contribution in [-0.2, 0) is 16.1 Å². The van der Waals surface area contributed by atoms with E-state index in [2.05, 4.69) is 20.5 Å². The molecule has 1 aromatic heterocycles. The lowest BCUT2D eigenvalue weighted by Crippen LogP contribution is -2.39. The fraction of sp³-hybridized carbons (Fsp3) is 0.200. The highest BCUT2D eigenvalue weighted by Crippen LogP contribution is 2.36. The van der Waals surface area contributed by atoms with Gasteiger partial charge in [0.2, 0.25) is 18.5 Å². The molecular weight excluding hydrogens is 423 g/mol. The van der Waals surface area contributed by atoms with Crippen LogP contribution in [0.4, 0.5) is 10.1 Å². The van der Waals surface area contributed by atoms with E-state index in [1.165, 1.54) is 23.2 Å². The van der Waals surface area contributed by atoms with Gasteiger partial charge in [-0.3, -0.25) is 14.6 Å². The van der Waals surface area contributed by atoms with Crippen molar-refractivity contribution in [3.8, 4) is 22.9 Å². The number of fused-ring (bicyclic) bond motifs is 2. The number of anilines is 1. The van der Waals surface area contributed by atoms with Crippen LogP contribution in [0.1, 0.15) is 5.89 Å². The molecule has 0 bridgehead atoms. The second kappa shape index (κ2) is 6.83. The molecule has 12 heteroatoms. The zero-order chi connectivity index (χ0) is 21.8. The van der Waals surface area contributed by atoms with E-state index in [1.54, 1.807) is 18.2 Å². The monoisotopic (exact) mass is 436 g/mol. The topological polar surface area (TPSA) is 123 Å². The summed E-state index contributed by atoms with van der Waals surface area (Å²) in [6.07, 6.45) is 0. The van der Waals surface area contributed by atoms with Crippen LogP contribution in [0, 0.1) is 5.82 Å². The Hall–Kier alpha value is -4.35. The van der Waals surface area contributed by atoms with E-state index in [4.69, 9.17) is 14.0 Å². The molecule has 2 amide bonds. The predicted molar refractivity (Wildman–Crippen MR) is 103 cm³/mol. The fourth-order valence-electron chi connectivity index (χ4n) is 3.83. The molecule has 2 aromatic carbocycles. The van der Waals surface area contributed by atoms with Crippen molar-refractivity contribution in [1.29, 1.82) is 0 Å². The van der Waals surface area contributed by atoms with E-state index < -0.39 is 29.7 Å². The molecule has 0 unspecified atom stereocenters. The van der Waals surface area contributed by atoms with Crippen molar-refractivity contribution in [1.82, 2.24) is 15.1 Å². The molecule has 0 spiro atoms. The Kier molecular flexibility index (Phi) is 3.93. The molecule has 0 N–H and O–H groups in total. The van der Waals surface area contributed by atoms with Crippen molar-refractivity contribution in [3.63, 3.8) is 0 Å². The Morgan fingerprint density at radius 2 is 1.94 bits per heavy atom. The summed E-state index contributed by atoms with van der Waals surface area (Å²) in [7, 11) is 0. The van der Waals surface area contributed by atoms with Gasteiger partial charge in [-0.1, -0.05) is 16.4 Å². The summed E-state index contributed by atoms with van der Waals surface area (Å²) in [6.45, 7) is 0.121. The average Bonchev–Trinajstić information content (AvgIpc) is 3.55. The maximum absolute atomic E-state index is 13.6. The minimum Gasteiger partial charge on any atom is -0.454 e. The van der Waals surface area contributed by atoms with Crippen LogP contribution in [0.25, 0.3) is 11.4 Å². The number of benzene rings is 2. The van der Waals surface area contributed by atoms with Crippen molar-refractivity contribution in [2.24, 2.45) is 10.3 Å². The Bertz CT molecular complexity index is 1290. The number of amides is 2. The third-order valence-corrected chi connectivity index (χ3v) is 5.32. The molecule has 11 nitrogen and oxygen atoms in total. The summed E-state index contributed by atoms with van der Waals surface area (Å²) in [6, 6.07) is 8.53. The number of halogens is 1. The molecule has 3 aromatic rings. The van der Waals surface area contributed by atoms with Gasteiger partial charge in [-0.05, 0) is 36.4 Å². The van der Waals surface area contributed by atoms with Crippen LogP contribution < -0.4 is 14.4 Å². The van der Waals surface area contributed by atoms with Crippen molar-refractivity contribution in [2.45, 2.75) is 18.6 Å². The van der Waals surface area contributed by atoms with Gasteiger partial charge < -0.3 is 14.0 Å². The lowest BCUT2D eigenvalue weighted by molar-refractivity contribution is -0.123. The van der Waals surface area contributed by atoms with E-state index in [0.717, 1.165) is 11.0 Å². The number of hydrogen-bond donors (Lipinski definition) is 0. The van der Waals surface area contributed by atoms with Crippen LogP contribution in [0.3, 0.4) is 0 Å². The second-order valence-corrected chi connectivity index (χ2v) is 7.26. The third-order valence-electron chi connectivity index (χ3n) is 5.32. The molecule has 6 rings (SSSR count). The van der Waals surface area contributed by atoms with Crippen LogP contribution in [0.15, 0.2) is 57.3 Å². The molecule has 4 heterocycles. The molecule has 2 atom stereocenters. The standard InChI is InChI=1S/C20H13FN6O5/c21-11-2-1-3-12(7-11)27-19(28)16-17(20(27)29)26(25-23-16)8-15-22-18(24-32-15)10-4-5-13-14(6-10)31-9-30-13/h1-7,16-17H,8-9H2/t16-,17+/m0/s1. The minimum atomic E-state index is -1.01. The normalized spacial score (nSPS) is 21.0. The summed E-state index contributed by atoms with van der Waals surface area (Å²) in [5.41, 5.74) is 0.807. The Balaban J connectivity index is 1.22. The molecular formula is C20H13FN6O5. The predicted octanol–water partition coefficient (Wildman–Crippen LogP) is 2.10. The first kappa shape index (κ1) is 18.4. The highest BCUT2D eigenvalue weighted by atomic mass is 19.1. The smallest absolute Gasteiger partial charge is 0.263 e. The number of hydrogen-bond acceptors (Lipinski definition) is 10. The lowest BCUT2D eigenvalue weighted by atomic mass is 10.1. The SMILES string of the molecule is O=C1[C@H]2N=NN(Cc3nc(-c4ccc5c(c4)OCO5)no3)[C@H]2C(=O)N1c1cccc(F)c1. The van der Waals surface area contributed by atoms with Crippen LogP contribution in [0.5, 0.6) is 11.5 Å². The number of nitrogens with zero attached hydrogens (tertiary/aromatic N) is 6. The van der Waals surface area contributed by atoms with Gasteiger partial charge in [0, 0.05) is 5.56 Å². The first-order valence-electron chi connectivity index (χ1n) is 9.62. The van der Waals surface area contributed by atoms with E-state index in [1.807, 2.05) is 0 Å². The number of carbonyl (C=O) groups is 2. The number of aromatic nitrogens is 2. The Morgan fingerprint density at radius 1 is 1.06 bits per heavy atom. The van der Waals surface area contributed by atoms with Crippen LogP contribution in [-0.4, -0.2) is 45.8 Å². The van der Waals surface area contributed by atoms with Gasteiger partial charge in [0.1, 0.15) is 12.4 Å². The molecule has 0 aliphatic carbocycles. The van der Waals surface area contributed by atoms with Crippen LogP contribution >= 0.6 is 0 Å². The molecule has 160 valence electrons. The molecule has 3 aliphatic rings. The molecule has 0 saturated carbocycles. The minimum absolute atomic E-state index is 0.0295. The third kappa shape index (κ3) is 2.80. The molecule has 3 aliphatic heterocycles. The van der Waals surface area contributed by atoms with Gasteiger partial charge in [-0.25, -0.2) is 9.29 Å². The van der Waals surface area contributed by atoms with E-state index in [9.17, 15) is 14.0 Å². The highest BCUT2D eigenvalue weighted by Gasteiger charge is 2.55. The van der Waals surface area contributed by atoms with Gasteiger partial charge in [0.05, 0.1) is 5.69 Å². The van der Waals surface area contributed by atoms with Crippen molar-refractivity contribution in [3.05, 3.63) is 54.2 Å². The number of ether oxygens (including phenoxy) is 2. The molecule has 1 saturated heterocycles. The summed E-state index contributed by atoms with van der Waals surface area (Å²) in [5, 5.41) is 13.2. The van der Waals surface area contributed by atoms with Crippen molar-refractivity contribution in [2.75, 3.05) is 11.7 Å². The summed E-state index contributed by atoms with van der Waals surface area (Å²) in [5.74, 6) is 0.0452. The van der Waals surface area contributed by atoms with Gasteiger partial charge in [-0.2, -0.15) is 10.1 Å². The van der Waals surface area contributed by atoms with Crippen molar-refractivity contribution < 1.29 is 28.0 Å². The number of carbonyl (C=O) groups excluding carboxylic acids is 2. The van der Waals surface area contributed by atoms with Gasteiger partial charge in [-0.15, -0.1) is 0 Å². The second-order valence-electron chi connectivity index (χ2n) is 7.26. The van der Waals surface area contributed by atoms with Gasteiger partial charge in [0.25, 0.3) is 11.8 Å². The summed E-state index contributed by atoms with van der Waals surface area (Å²) in [4.78, 5) is 31.0. The zero-order valence-corrected chi connectivity index (χ0v) is 16.2. The summed E-state index contributed by atoms with van der Waals surface area (Å²) < 4.78 is 29.5. The molecule has 1 fully saturated rings. The zero-order valence-electron chi connectivity index (χ0n) is 16.2. The first-order chi connectivity index (χ1) is 15.6. The van der Waals surface area contributed by atoms with E-state index in [0.29, 0.717) is 22.9 Å². The highest BCUT2D eigenvalue weighted by molar-refractivity contribution is 6.25. The summed E-state index contributed by atoms with van der Waals surface area (Å²) >= 11 is 0. The van der Waals surface area contributed by atoms with E-state index in [-0.39, 0.29) is 24.9 Å². The maximum Gasteiger partial charge on any atom is 0.263 e. The average molecular weight is 436 g/mol. The van der Waals surface area contributed by atoms with E-state index >= 15 is 0 Å². The Labute approximate surface area is 179 Å². The lowest BCUT2D eigenvalue weighted by Gasteiger charge is -2.19. The number of imide groups is 1.